The molecular formula is C25H27N3O5S. The molecule has 2 aromatic rings. The predicted octanol–water partition coefficient (Wildman–Crippen LogP) is 2.69. The molecule has 4 rings (SSSR count). The van der Waals surface area contributed by atoms with Crippen molar-refractivity contribution < 1.29 is 22.8 Å². The Morgan fingerprint density at radius 1 is 0.912 bits per heavy atom. The number of carbonyl (C=O) groups is 3. The van der Waals surface area contributed by atoms with E-state index < -0.39 is 16.1 Å². The van der Waals surface area contributed by atoms with E-state index in [1.165, 1.54) is 42.4 Å². The molecule has 34 heavy (non-hydrogen) atoms. The largest absolute Gasteiger partial charge is 0.340 e. The predicted molar refractivity (Wildman–Crippen MR) is 127 cm³/mol. The lowest BCUT2D eigenvalue weighted by molar-refractivity contribution is -0.135. The van der Waals surface area contributed by atoms with Gasteiger partial charge in [0.1, 0.15) is 0 Å². The van der Waals surface area contributed by atoms with E-state index in [-0.39, 0.29) is 55.1 Å². The maximum atomic E-state index is 13.1. The summed E-state index contributed by atoms with van der Waals surface area (Å²) < 4.78 is 27.4. The van der Waals surface area contributed by atoms with Crippen LogP contribution < -0.4 is 0 Å². The zero-order valence-corrected chi connectivity index (χ0v) is 20.0. The molecule has 0 unspecified atom stereocenters. The van der Waals surface area contributed by atoms with Gasteiger partial charge in [-0.05, 0) is 36.3 Å². The fourth-order valence-electron chi connectivity index (χ4n) is 4.40. The molecule has 0 saturated carbocycles. The van der Waals surface area contributed by atoms with Gasteiger partial charge in [0.25, 0.3) is 0 Å². The fraction of sp³-hybridized carbons (Fsp3) is 0.320. The number of amides is 2. The standard InChI is InChI=1S/C25H27N3O5S/c1-18(29)20-7-9-22(10-8-20)34(32,33)27-15-13-26(14-16-27)25(31)17-24-23-6-4-3-5-21(23)11-12-28(24)19(2)30/h3-12,24H,13-17H2,1-2H3/t24-/m1/s1. The van der Waals surface area contributed by atoms with Crippen LogP contribution in [0.25, 0.3) is 6.08 Å². The third-order valence-electron chi connectivity index (χ3n) is 6.33. The van der Waals surface area contributed by atoms with Gasteiger partial charge in [0.15, 0.2) is 5.78 Å². The number of benzene rings is 2. The van der Waals surface area contributed by atoms with Crippen LogP contribution in [0.2, 0.25) is 0 Å². The molecule has 0 aliphatic carbocycles. The Labute approximate surface area is 199 Å². The van der Waals surface area contributed by atoms with Crippen molar-refractivity contribution in [2.24, 2.45) is 0 Å². The lowest BCUT2D eigenvalue weighted by Gasteiger charge is -2.37. The first kappa shape index (κ1) is 23.8. The maximum absolute atomic E-state index is 13.1. The summed E-state index contributed by atoms with van der Waals surface area (Å²) in [5.41, 5.74) is 2.35. The third-order valence-corrected chi connectivity index (χ3v) is 8.24. The number of hydrogen-bond acceptors (Lipinski definition) is 5. The van der Waals surface area contributed by atoms with Gasteiger partial charge in [-0.15, -0.1) is 0 Å². The van der Waals surface area contributed by atoms with Gasteiger partial charge in [-0.2, -0.15) is 4.31 Å². The second kappa shape index (κ2) is 9.52. The van der Waals surface area contributed by atoms with Crippen molar-refractivity contribution >= 4 is 33.7 Å². The Morgan fingerprint density at radius 2 is 1.56 bits per heavy atom. The number of piperazine rings is 1. The van der Waals surface area contributed by atoms with Crippen LogP contribution in [0.15, 0.2) is 59.6 Å². The normalized spacial score (nSPS) is 18.5. The molecule has 0 aromatic heterocycles. The average molecular weight is 482 g/mol. The molecule has 178 valence electrons. The first-order chi connectivity index (χ1) is 16.2. The SMILES string of the molecule is CC(=O)c1ccc(S(=O)(=O)N2CCN(C(=O)C[C@@H]3c4ccccc4C=CN3C(C)=O)CC2)cc1. The van der Waals surface area contributed by atoms with Gasteiger partial charge in [0, 0.05) is 44.9 Å². The molecule has 0 bridgehead atoms. The van der Waals surface area contributed by atoms with E-state index >= 15 is 0 Å². The Balaban J connectivity index is 1.43. The van der Waals surface area contributed by atoms with Crippen LogP contribution in [-0.4, -0.2) is 66.3 Å². The quantitative estimate of drug-likeness (QED) is 0.612. The minimum atomic E-state index is -3.72. The molecule has 1 atom stereocenters. The summed E-state index contributed by atoms with van der Waals surface area (Å²) in [4.78, 5) is 40.1. The Morgan fingerprint density at radius 3 is 2.18 bits per heavy atom. The van der Waals surface area contributed by atoms with Crippen LogP contribution in [0.5, 0.6) is 0 Å². The highest BCUT2D eigenvalue weighted by Gasteiger charge is 2.33. The summed E-state index contributed by atoms with van der Waals surface area (Å²) in [6.45, 7) is 3.81. The van der Waals surface area contributed by atoms with Crippen LogP contribution in [-0.2, 0) is 19.6 Å². The summed E-state index contributed by atoms with van der Waals surface area (Å²) in [7, 11) is -3.72. The van der Waals surface area contributed by atoms with Crippen molar-refractivity contribution in [3.05, 3.63) is 71.4 Å². The number of Topliss-reactive ketones (excluding diaryl/α,β-unsaturated/α-hetero) is 1. The topological polar surface area (TPSA) is 95.1 Å². The van der Waals surface area contributed by atoms with E-state index in [0.29, 0.717) is 5.56 Å². The second-order valence-corrected chi connectivity index (χ2v) is 10.4. The summed E-state index contributed by atoms with van der Waals surface area (Å²) in [5, 5.41) is 0. The average Bonchev–Trinajstić information content (AvgIpc) is 2.84. The number of ketones is 1. The third kappa shape index (κ3) is 4.67. The second-order valence-electron chi connectivity index (χ2n) is 8.46. The fourth-order valence-corrected chi connectivity index (χ4v) is 5.82. The highest BCUT2D eigenvalue weighted by atomic mass is 32.2. The lowest BCUT2D eigenvalue weighted by Crippen LogP contribution is -2.51. The Hall–Kier alpha value is -3.30. The number of sulfonamides is 1. The van der Waals surface area contributed by atoms with Crippen molar-refractivity contribution in [1.82, 2.24) is 14.1 Å². The maximum Gasteiger partial charge on any atom is 0.243 e. The minimum Gasteiger partial charge on any atom is -0.340 e. The molecule has 0 radical (unpaired) electrons. The zero-order chi connectivity index (χ0) is 24.5. The van der Waals surface area contributed by atoms with Gasteiger partial charge < -0.3 is 9.80 Å². The van der Waals surface area contributed by atoms with E-state index in [1.807, 2.05) is 30.3 Å². The monoisotopic (exact) mass is 481 g/mol. The molecule has 0 spiro atoms. The van der Waals surface area contributed by atoms with E-state index in [0.717, 1.165) is 11.1 Å². The minimum absolute atomic E-state index is 0.121. The van der Waals surface area contributed by atoms with Crippen molar-refractivity contribution in [3.8, 4) is 0 Å². The van der Waals surface area contributed by atoms with E-state index in [9.17, 15) is 22.8 Å². The number of fused-ring (bicyclic) bond motifs is 1. The molecule has 1 saturated heterocycles. The van der Waals surface area contributed by atoms with Crippen LogP contribution >= 0.6 is 0 Å². The Kier molecular flexibility index (Phi) is 6.67. The lowest BCUT2D eigenvalue weighted by atomic mass is 9.93. The molecular weight excluding hydrogens is 454 g/mol. The van der Waals surface area contributed by atoms with Gasteiger partial charge >= 0.3 is 0 Å². The molecule has 1 fully saturated rings. The molecule has 8 nitrogen and oxygen atoms in total. The van der Waals surface area contributed by atoms with Crippen LogP contribution in [0, 0.1) is 0 Å². The van der Waals surface area contributed by atoms with Crippen molar-refractivity contribution in [1.29, 1.82) is 0 Å². The highest BCUT2D eigenvalue weighted by Crippen LogP contribution is 2.33. The molecule has 0 N–H and O–H groups in total. The van der Waals surface area contributed by atoms with Crippen molar-refractivity contribution in [2.45, 2.75) is 31.2 Å². The van der Waals surface area contributed by atoms with Crippen molar-refractivity contribution in [2.75, 3.05) is 26.2 Å². The van der Waals surface area contributed by atoms with Gasteiger partial charge in [-0.1, -0.05) is 36.4 Å². The Bertz CT molecular complexity index is 1250. The molecule has 2 aromatic carbocycles. The van der Waals surface area contributed by atoms with E-state index in [4.69, 9.17) is 0 Å². The van der Waals surface area contributed by atoms with Crippen LogP contribution in [0.1, 0.15) is 47.8 Å². The van der Waals surface area contributed by atoms with Crippen molar-refractivity contribution in [3.63, 3.8) is 0 Å². The first-order valence-electron chi connectivity index (χ1n) is 11.1. The number of rotatable bonds is 5. The van der Waals surface area contributed by atoms with Gasteiger partial charge in [-0.3, -0.25) is 14.4 Å². The van der Waals surface area contributed by atoms with Crippen LogP contribution in [0.4, 0.5) is 0 Å². The molecule has 2 amide bonds. The summed E-state index contributed by atoms with van der Waals surface area (Å²) in [6.07, 6.45) is 3.70. The summed E-state index contributed by atoms with van der Waals surface area (Å²) in [5.74, 6) is -0.394. The molecule has 2 aliphatic rings. The molecule has 9 heteroatoms. The van der Waals surface area contributed by atoms with E-state index in [2.05, 4.69) is 0 Å². The van der Waals surface area contributed by atoms with Gasteiger partial charge in [-0.25, -0.2) is 8.42 Å². The van der Waals surface area contributed by atoms with Crippen LogP contribution in [0.3, 0.4) is 0 Å². The highest BCUT2D eigenvalue weighted by molar-refractivity contribution is 7.89. The molecule has 2 aliphatic heterocycles. The van der Waals surface area contributed by atoms with E-state index in [1.54, 1.807) is 16.0 Å². The van der Waals surface area contributed by atoms with Gasteiger partial charge in [0.2, 0.25) is 21.8 Å². The molecule has 2 heterocycles. The van der Waals surface area contributed by atoms with Gasteiger partial charge in [0.05, 0.1) is 17.4 Å². The summed E-state index contributed by atoms with van der Waals surface area (Å²) in [6, 6.07) is 13.2. The summed E-state index contributed by atoms with van der Waals surface area (Å²) >= 11 is 0. The number of nitrogens with zero attached hydrogens (tertiary/aromatic N) is 3. The smallest absolute Gasteiger partial charge is 0.243 e. The number of carbonyl (C=O) groups excluding carboxylic acids is 3. The zero-order valence-electron chi connectivity index (χ0n) is 19.2. The first-order valence-corrected chi connectivity index (χ1v) is 12.6. The number of hydrogen-bond donors (Lipinski definition) is 0.